The molecule has 2 aromatic carbocycles. The number of nitrogens with zero attached hydrogens (tertiary/aromatic N) is 2. The first-order valence-corrected chi connectivity index (χ1v) is 11.9. The van der Waals surface area contributed by atoms with Crippen LogP contribution in [0.3, 0.4) is 0 Å². The quantitative estimate of drug-likeness (QED) is 0.362. The molecule has 5 rings (SSSR count). The van der Waals surface area contributed by atoms with Crippen LogP contribution in [0, 0.1) is 0 Å². The first-order chi connectivity index (χ1) is 16.1. The second-order valence-electron chi connectivity index (χ2n) is 8.20. The summed E-state index contributed by atoms with van der Waals surface area (Å²) in [5, 5.41) is 3.18. The Morgan fingerprint density at radius 2 is 1.79 bits per heavy atom. The van der Waals surface area contributed by atoms with Crippen LogP contribution in [0.4, 0.5) is 5.82 Å². The molecule has 6 heteroatoms. The van der Waals surface area contributed by atoms with Crippen LogP contribution < -0.4 is 10.5 Å². The Balaban J connectivity index is 1.41. The van der Waals surface area contributed by atoms with Gasteiger partial charge in [0.25, 0.3) is 0 Å². The van der Waals surface area contributed by atoms with E-state index in [0.29, 0.717) is 11.7 Å². The third-order valence-electron chi connectivity index (χ3n) is 6.22. The van der Waals surface area contributed by atoms with E-state index in [4.69, 9.17) is 10.5 Å². The highest BCUT2D eigenvalue weighted by Crippen LogP contribution is 2.42. The van der Waals surface area contributed by atoms with Crippen molar-refractivity contribution in [3.05, 3.63) is 84.4 Å². The highest BCUT2D eigenvalue weighted by molar-refractivity contribution is 7.18. The van der Waals surface area contributed by atoms with Crippen LogP contribution >= 0.6 is 11.3 Å². The molecular formula is C27H25N3O2S. The van der Waals surface area contributed by atoms with E-state index < -0.39 is 0 Å². The summed E-state index contributed by atoms with van der Waals surface area (Å²) >= 11 is 1.71. The molecule has 166 valence electrons. The van der Waals surface area contributed by atoms with Gasteiger partial charge in [0.1, 0.15) is 17.3 Å². The van der Waals surface area contributed by atoms with Gasteiger partial charge >= 0.3 is 0 Å². The number of carbonyl (C=O) groups excluding carboxylic acids is 1. The minimum absolute atomic E-state index is 0.00660. The summed E-state index contributed by atoms with van der Waals surface area (Å²) in [7, 11) is 0. The number of rotatable bonds is 5. The molecule has 3 heterocycles. The van der Waals surface area contributed by atoms with Crippen molar-refractivity contribution in [3.63, 3.8) is 0 Å². The predicted molar refractivity (Wildman–Crippen MR) is 135 cm³/mol. The molecule has 0 atom stereocenters. The molecule has 0 aliphatic carbocycles. The van der Waals surface area contributed by atoms with Gasteiger partial charge in [0, 0.05) is 34.9 Å². The number of likely N-dealkylation sites (tertiary alicyclic amines) is 1. The van der Waals surface area contributed by atoms with Crippen LogP contribution in [0.15, 0.2) is 78.8 Å². The number of fused-ring (bicyclic) bond motifs is 1. The zero-order valence-corrected chi connectivity index (χ0v) is 19.1. The lowest BCUT2D eigenvalue weighted by Crippen LogP contribution is -2.36. The van der Waals surface area contributed by atoms with Crippen LogP contribution in [-0.4, -0.2) is 28.9 Å². The fourth-order valence-electron chi connectivity index (χ4n) is 4.46. The lowest BCUT2D eigenvalue weighted by molar-refractivity contribution is -0.127. The summed E-state index contributed by atoms with van der Waals surface area (Å²) in [5.41, 5.74) is 9.76. The number of piperidine rings is 1. The van der Waals surface area contributed by atoms with E-state index in [1.54, 1.807) is 11.3 Å². The average molecular weight is 456 g/mol. The van der Waals surface area contributed by atoms with Gasteiger partial charge in [-0.25, -0.2) is 4.98 Å². The van der Waals surface area contributed by atoms with Crippen molar-refractivity contribution in [2.75, 3.05) is 18.8 Å². The van der Waals surface area contributed by atoms with Gasteiger partial charge in [0.15, 0.2) is 0 Å². The standard InChI is InChI=1S/C27H25N3O2S/c1-2-24(31)30-14-12-19(13-15-30)22-16-29-27(28)25-23(17-33-26(22)25)18-8-10-21(11-9-18)32-20-6-4-3-5-7-20/h2-11,16-17,19H,1,12-15H2,(H2,28,29). The number of nitrogens with two attached hydrogens (primary N) is 1. The van der Waals surface area contributed by atoms with Crippen molar-refractivity contribution in [3.8, 4) is 22.6 Å². The lowest BCUT2D eigenvalue weighted by atomic mass is 9.89. The largest absolute Gasteiger partial charge is 0.457 e. The Kier molecular flexibility index (Phi) is 5.84. The van der Waals surface area contributed by atoms with Gasteiger partial charge in [-0.2, -0.15) is 0 Å². The molecule has 33 heavy (non-hydrogen) atoms. The Labute approximate surface area is 197 Å². The Morgan fingerprint density at radius 3 is 2.48 bits per heavy atom. The molecule has 2 aromatic heterocycles. The third-order valence-corrected chi connectivity index (χ3v) is 7.25. The topological polar surface area (TPSA) is 68.5 Å². The van der Waals surface area contributed by atoms with Gasteiger partial charge in [0.05, 0.1) is 0 Å². The predicted octanol–water partition coefficient (Wildman–Crippen LogP) is 6.23. The molecule has 4 aromatic rings. The van der Waals surface area contributed by atoms with Crippen molar-refractivity contribution in [2.45, 2.75) is 18.8 Å². The van der Waals surface area contributed by atoms with Crippen molar-refractivity contribution in [1.82, 2.24) is 9.88 Å². The van der Waals surface area contributed by atoms with Crippen molar-refractivity contribution in [2.24, 2.45) is 0 Å². The molecule has 0 unspecified atom stereocenters. The maximum atomic E-state index is 11.9. The molecule has 5 nitrogen and oxygen atoms in total. The number of anilines is 1. The zero-order valence-electron chi connectivity index (χ0n) is 18.2. The molecule has 1 aliphatic rings. The highest BCUT2D eigenvalue weighted by Gasteiger charge is 2.25. The number of thiophene rings is 1. The third kappa shape index (κ3) is 4.22. The minimum Gasteiger partial charge on any atom is -0.457 e. The number of hydrogen-bond acceptors (Lipinski definition) is 5. The highest BCUT2D eigenvalue weighted by atomic mass is 32.1. The van der Waals surface area contributed by atoms with Gasteiger partial charge in [0.2, 0.25) is 5.91 Å². The van der Waals surface area contributed by atoms with E-state index >= 15 is 0 Å². The first kappa shape index (κ1) is 21.2. The summed E-state index contributed by atoms with van der Waals surface area (Å²) in [6, 6.07) is 17.8. The van der Waals surface area contributed by atoms with Crippen molar-refractivity contribution < 1.29 is 9.53 Å². The van der Waals surface area contributed by atoms with Crippen LogP contribution in [0.5, 0.6) is 11.5 Å². The monoisotopic (exact) mass is 455 g/mol. The van der Waals surface area contributed by atoms with E-state index in [-0.39, 0.29) is 5.91 Å². The van der Waals surface area contributed by atoms with E-state index in [1.165, 1.54) is 16.3 Å². The van der Waals surface area contributed by atoms with Crippen LogP contribution in [-0.2, 0) is 4.79 Å². The Hall–Kier alpha value is -3.64. The van der Waals surface area contributed by atoms with Gasteiger partial charge in [-0.1, -0.05) is 36.9 Å². The van der Waals surface area contributed by atoms with Gasteiger partial charge < -0.3 is 15.4 Å². The molecule has 1 amide bonds. The molecule has 0 spiro atoms. The normalized spacial score (nSPS) is 14.4. The van der Waals surface area contributed by atoms with Crippen LogP contribution in [0.2, 0.25) is 0 Å². The summed E-state index contributed by atoms with van der Waals surface area (Å²) < 4.78 is 7.12. The summed E-state index contributed by atoms with van der Waals surface area (Å²) in [5.74, 6) is 2.52. The van der Waals surface area contributed by atoms with Gasteiger partial charge in [-0.15, -0.1) is 11.3 Å². The first-order valence-electron chi connectivity index (χ1n) is 11.0. The smallest absolute Gasteiger partial charge is 0.245 e. The molecular weight excluding hydrogens is 430 g/mol. The summed E-state index contributed by atoms with van der Waals surface area (Å²) in [6.07, 6.45) is 5.15. The molecule has 1 saturated heterocycles. The fourth-order valence-corrected chi connectivity index (χ4v) is 5.63. The van der Waals surface area contributed by atoms with Gasteiger partial charge in [-0.3, -0.25) is 4.79 Å². The Bertz CT molecular complexity index is 1290. The molecule has 1 fully saturated rings. The zero-order chi connectivity index (χ0) is 22.8. The van der Waals surface area contributed by atoms with E-state index in [1.807, 2.05) is 53.6 Å². The van der Waals surface area contributed by atoms with Gasteiger partial charge in [-0.05, 0) is 65.6 Å². The molecule has 0 saturated carbocycles. The number of hydrogen-bond donors (Lipinski definition) is 1. The van der Waals surface area contributed by atoms with Crippen molar-refractivity contribution in [1.29, 1.82) is 0 Å². The van der Waals surface area contributed by atoms with Crippen LogP contribution in [0.1, 0.15) is 24.3 Å². The number of carbonyl (C=O) groups is 1. The number of para-hydroxylation sites is 1. The number of benzene rings is 2. The van der Waals surface area contributed by atoms with E-state index in [9.17, 15) is 4.79 Å². The van der Waals surface area contributed by atoms with E-state index in [0.717, 1.165) is 53.9 Å². The minimum atomic E-state index is 0.00660. The van der Waals surface area contributed by atoms with Crippen molar-refractivity contribution >= 4 is 33.1 Å². The second kappa shape index (κ2) is 9.08. The lowest BCUT2D eigenvalue weighted by Gasteiger charge is -2.31. The number of amides is 1. The maximum absolute atomic E-state index is 11.9. The number of pyridine rings is 1. The van der Waals surface area contributed by atoms with E-state index in [2.05, 4.69) is 29.1 Å². The maximum Gasteiger partial charge on any atom is 0.245 e. The van der Waals surface area contributed by atoms with Crippen LogP contribution in [0.25, 0.3) is 21.2 Å². The molecule has 0 bridgehead atoms. The number of aromatic nitrogens is 1. The fraction of sp³-hybridized carbons (Fsp3) is 0.185. The average Bonchev–Trinajstić information content (AvgIpc) is 3.31. The number of nitrogen functional groups attached to an aromatic ring is 1. The molecule has 0 radical (unpaired) electrons. The molecule has 1 aliphatic heterocycles. The number of ether oxygens (including phenoxy) is 1. The summed E-state index contributed by atoms with van der Waals surface area (Å²) in [6.45, 7) is 5.08. The summed E-state index contributed by atoms with van der Waals surface area (Å²) in [4.78, 5) is 18.3. The molecule has 2 N–H and O–H groups in total. The second-order valence-corrected chi connectivity index (χ2v) is 9.08. The Morgan fingerprint density at radius 1 is 1.09 bits per heavy atom. The SMILES string of the molecule is C=CC(=O)N1CCC(c2cnc(N)c3c(-c4ccc(Oc5ccccc5)cc4)csc23)CC1.